The Morgan fingerprint density at radius 2 is 1.75 bits per heavy atom. The maximum atomic E-state index is 12.9. The minimum absolute atomic E-state index is 0.0748. The van der Waals surface area contributed by atoms with E-state index in [1.54, 1.807) is 20.8 Å². The molecule has 1 aliphatic carbocycles. The zero-order valence-corrected chi connectivity index (χ0v) is 23.1. The van der Waals surface area contributed by atoms with Crippen LogP contribution in [0, 0.1) is 6.92 Å². The minimum Gasteiger partial charge on any atom is -0.461 e. The van der Waals surface area contributed by atoms with Crippen molar-refractivity contribution in [3.63, 3.8) is 0 Å². The molecule has 1 saturated heterocycles. The van der Waals surface area contributed by atoms with E-state index in [4.69, 9.17) is 18.8 Å². The number of carbonyl (C=O) groups excluding carboxylic acids is 2. The van der Waals surface area contributed by atoms with Gasteiger partial charge in [-0.15, -0.1) is 0 Å². The smallest absolute Gasteiger partial charge is 0.461 e. The number of nitrogens with one attached hydrogen (secondary N) is 1. The molecule has 0 aromatic heterocycles. The number of aryl methyl sites for hydroxylation is 1. The lowest BCUT2D eigenvalue weighted by Crippen LogP contribution is -2.44. The van der Waals surface area contributed by atoms with E-state index in [0.29, 0.717) is 6.42 Å². The van der Waals surface area contributed by atoms with Gasteiger partial charge in [0.2, 0.25) is 0 Å². The molecule has 1 N–H and O–H groups in total. The number of rotatable bonds is 7. The largest absolute Gasteiger partial charge is 0.494 e. The Kier molecular flexibility index (Phi) is 8.61. The topological polar surface area (TPSA) is 83.1 Å². The first-order chi connectivity index (χ1) is 16.7. The molecule has 1 aromatic carbocycles. The fourth-order valence-electron chi connectivity index (χ4n) is 4.26. The zero-order valence-electron chi connectivity index (χ0n) is 23.1. The molecule has 1 aromatic rings. The van der Waals surface area contributed by atoms with Gasteiger partial charge in [0.1, 0.15) is 17.7 Å². The van der Waals surface area contributed by atoms with Gasteiger partial charge in [-0.05, 0) is 104 Å². The van der Waals surface area contributed by atoms with E-state index in [-0.39, 0.29) is 6.10 Å². The number of ether oxygens (including phenoxy) is 2. The molecule has 1 heterocycles. The third-order valence-electron chi connectivity index (χ3n) is 7.05. The molecule has 1 saturated carbocycles. The molecule has 1 unspecified atom stereocenters. The van der Waals surface area contributed by atoms with Gasteiger partial charge in [-0.1, -0.05) is 30.4 Å². The molecule has 0 spiro atoms. The van der Waals surface area contributed by atoms with Gasteiger partial charge >= 0.3 is 19.2 Å². The van der Waals surface area contributed by atoms with Crippen molar-refractivity contribution in [1.29, 1.82) is 0 Å². The summed E-state index contributed by atoms with van der Waals surface area (Å²) in [5.41, 5.74) is 1.59. The van der Waals surface area contributed by atoms with Crippen molar-refractivity contribution < 1.29 is 28.4 Å². The zero-order chi connectivity index (χ0) is 26.7. The molecule has 36 heavy (non-hydrogen) atoms. The van der Waals surface area contributed by atoms with Crippen LogP contribution in [0.1, 0.15) is 91.7 Å². The molecule has 7 nitrogen and oxygen atoms in total. The van der Waals surface area contributed by atoms with Crippen molar-refractivity contribution in [1.82, 2.24) is 5.32 Å². The highest BCUT2D eigenvalue weighted by atomic mass is 16.7. The van der Waals surface area contributed by atoms with Crippen LogP contribution in [-0.4, -0.2) is 48.1 Å². The average molecular weight is 499 g/mol. The Hall–Kier alpha value is -2.32. The molecule has 8 heteroatoms. The van der Waals surface area contributed by atoms with E-state index in [0.717, 1.165) is 42.3 Å². The highest BCUT2D eigenvalue weighted by molar-refractivity contribution is 6.62. The van der Waals surface area contributed by atoms with Gasteiger partial charge in [0.25, 0.3) is 0 Å². The summed E-state index contributed by atoms with van der Waals surface area (Å²) in [7, 11) is -0.417. The number of esters is 1. The van der Waals surface area contributed by atoms with Gasteiger partial charge < -0.3 is 24.1 Å². The molecule has 3 rings (SSSR count). The van der Waals surface area contributed by atoms with Crippen LogP contribution in [0.5, 0.6) is 0 Å². The van der Waals surface area contributed by atoms with E-state index >= 15 is 0 Å². The Balaban J connectivity index is 1.67. The standard InChI is InChI=1S/C28H42BNO6/c1-19-18-21(29-35-27(5,6)28(7,8)36-29)17-16-20(19)12-11-15-23(30-25(32)34-26(2,3)4)24(31)33-22-13-9-10-14-22/h11-12,16-18,22-23H,9-10,13-15H2,1-8H3,(H,30,32)/b12-11+. The number of alkyl carbamates (subject to hydrolysis) is 1. The second-order valence-electron chi connectivity index (χ2n) is 11.9. The van der Waals surface area contributed by atoms with Crippen LogP contribution in [0.25, 0.3) is 6.08 Å². The molecule has 0 bridgehead atoms. The summed E-state index contributed by atoms with van der Waals surface area (Å²) in [6.07, 6.45) is 7.28. The van der Waals surface area contributed by atoms with Crippen molar-refractivity contribution in [2.24, 2.45) is 0 Å². The van der Waals surface area contributed by atoms with Crippen molar-refractivity contribution in [2.45, 2.75) is 116 Å². The predicted molar refractivity (Wildman–Crippen MR) is 142 cm³/mol. The number of hydrogen-bond donors (Lipinski definition) is 1. The fraction of sp³-hybridized carbons (Fsp3) is 0.643. The lowest BCUT2D eigenvalue weighted by atomic mass is 9.78. The lowest BCUT2D eigenvalue weighted by molar-refractivity contribution is -0.151. The summed E-state index contributed by atoms with van der Waals surface area (Å²) in [5.74, 6) is -0.426. The normalized spacial score (nSPS) is 20.5. The molecule has 198 valence electrons. The van der Waals surface area contributed by atoms with Crippen LogP contribution in [0.2, 0.25) is 0 Å². The van der Waals surface area contributed by atoms with Crippen LogP contribution < -0.4 is 10.8 Å². The maximum Gasteiger partial charge on any atom is 0.494 e. The molecule has 1 amide bonds. The highest BCUT2D eigenvalue weighted by Crippen LogP contribution is 2.36. The van der Waals surface area contributed by atoms with Crippen LogP contribution in [0.15, 0.2) is 24.3 Å². The number of benzene rings is 1. The van der Waals surface area contributed by atoms with Crippen molar-refractivity contribution in [3.05, 3.63) is 35.4 Å². The Morgan fingerprint density at radius 1 is 1.14 bits per heavy atom. The van der Waals surface area contributed by atoms with Gasteiger partial charge in [-0.2, -0.15) is 0 Å². The van der Waals surface area contributed by atoms with Crippen LogP contribution in [-0.2, 0) is 23.6 Å². The van der Waals surface area contributed by atoms with Gasteiger partial charge in [0.15, 0.2) is 0 Å². The monoisotopic (exact) mass is 499 g/mol. The molecular weight excluding hydrogens is 457 g/mol. The van der Waals surface area contributed by atoms with E-state index in [9.17, 15) is 9.59 Å². The van der Waals surface area contributed by atoms with E-state index < -0.39 is 42.0 Å². The van der Waals surface area contributed by atoms with Crippen molar-refractivity contribution in [2.75, 3.05) is 0 Å². The van der Waals surface area contributed by atoms with Crippen LogP contribution in [0.3, 0.4) is 0 Å². The summed E-state index contributed by atoms with van der Waals surface area (Å²) in [5, 5.41) is 2.69. The predicted octanol–water partition coefficient (Wildman–Crippen LogP) is 5.08. The maximum absolute atomic E-state index is 12.9. The van der Waals surface area contributed by atoms with Crippen molar-refractivity contribution in [3.8, 4) is 0 Å². The second-order valence-corrected chi connectivity index (χ2v) is 11.9. The number of hydrogen-bond acceptors (Lipinski definition) is 6. The summed E-state index contributed by atoms with van der Waals surface area (Å²) >= 11 is 0. The van der Waals surface area contributed by atoms with Crippen molar-refractivity contribution >= 4 is 30.7 Å². The van der Waals surface area contributed by atoms with Crippen LogP contribution >= 0.6 is 0 Å². The van der Waals surface area contributed by atoms with E-state index in [1.165, 1.54) is 0 Å². The van der Waals surface area contributed by atoms with E-state index in [2.05, 4.69) is 11.4 Å². The fourth-order valence-corrected chi connectivity index (χ4v) is 4.26. The van der Waals surface area contributed by atoms with Gasteiger partial charge in [-0.3, -0.25) is 0 Å². The third kappa shape index (κ3) is 7.36. The summed E-state index contributed by atoms with van der Waals surface area (Å²) in [6.45, 7) is 15.5. The second kappa shape index (κ2) is 11.0. The Bertz CT molecular complexity index is 959. The highest BCUT2D eigenvalue weighted by Gasteiger charge is 2.51. The lowest BCUT2D eigenvalue weighted by Gasteiger charge is -2.32. The SMILES string of the molecule is Cc1cc(B2OC(C)(C)C(C)(C)O2)ccc1/C=C/CC(NC(=O)OC(C)(C)C)C(=O)OC1CCCC1. The molecular formula is C28H42BNO6. The summed E-state index contributed by atoms with van der Waals surface area (Å²) in [6, 6.07) is 5.26. The minimum atomic E-state index is -0.818. The Labute approximate surface area is 216 Å². The van der Waals surface area contributed by atoms with Gasteiger partial charge in [0, 0.05) is 0 Å². The third-order valence-corrected chi connectivity index (χ3v) is 7.05. The summed E-state index contributed by atoms with van der Waals surface area (Å²) in [4.78, 5) is 25.2. The first-order valence-corrected chi connectivity index (χ1v) is 13.0. The summed E-state index contributed by atoms with van der Waals surface area (Å²) < 4.78 is 23.4. The average Bonchev–Trinajstić information content (AvgIpc) is 3.32. The molecule has 2 fully saturated rings. The Morgan fingerprint density at radius 3 is 2.31 bits per heavy atom. The molecule has 1 aliphatic heterocycles. The quantitative estimate of drug-likeness (QED) is 0.416. The first kappa shape index (κ1) is 28.3. The molecule has 2 aliphatic rings. The van der Waals surface area contributed by atoms with E-state index in [1.807, 2.05) is 58.9 Å². The number of carbonyl (C=O) groups is 2. The van der Waals surface area contributed by atoms with Crippen LogP contribution in [0.4, 0.5) is 4.79 Å². The number of amides is 1. The van der Waals surface area contributed by atoms with Gasteiger partial charge in [0.05, 0.1) is 11.2 Å². The first-order valence-electron chi connectivity index (χ1n) is 13.0. The van der Waals surface area contributed by atoms with Gasteiger partial charge in [-0.25, -0.2) is 9.59 Å². The molecule has 0 radical (unpaired) electrons. The molecule has 1 atom stereocenters.